The van der Waals surface area contributed by atoms with E-state index in [4.69, 9.17) is 4.74 Å². The molecule has 0 aromatic heterocycles. The molecule has 0 bridgehead atoms. The molecule has 1 aliphatic heterocycles. The summed E-state index contributed by atoms with van der Waals surface area (Å²) in [6.45, 7) is 5.14. The summed E-state index contributed by atoms with van der Waals surface area (Å²) in [6, 6.07) is 6.10. The number of fused-ring (bicyclic) bond motifs is 1. The lowest BCUT2D eigenvalue weighted by atomic mass is 10.2. The summed E-state index contributed by atoms with van der Waals surface area (Å²) in [4.78, 5) is 11.9. The van der Waals surface area contributed by atoms with Crippen LogP contribution in [0.1, 0.15) is 5.56 Å². The molecule has 1 saturated heterocycles. The van der Waals surface area contributed by atoms with Crippen LogP contribution in [0.3, 0.4) is 0 Å². The Balaban J connectivity index is 1.39. The van der Waals surface area contributed by atoms with E-state index in [9.17, 15) is 4.79 Å². The van der Waals surface area contributed by atoms with Crippen molar-refractivity contribution in [1.82, 2.24) is 10.6 Å². The maximum atomic E-state index is 11.9. The quantitative estimate of drug-likeness (QED) is 0.597. The lowest BCUT2D eigenvalue weighted by molar-refractivity contribution is -0.123. The first kappa shape index (κ1) is 14.1. The number of rotatable bonds is 5. The summed E-state index contributed by atoms with van der Waals surface area (Å²) in [5.74, 6) is 2.50. The van der Waals surface area contributed by atoms with Crippen LogP contribution in [0.5, 0.6) is 5.75 Å². The number of carbonyl (C=O) groups is 1. The fourth-order valence-electron chi connectivity index (χ4n) is 3.04. The normalized spacial score (nSPS) is 27.0. The first-order valence-corrected chi connectivity index (χ1v) is 8.12. The van der Waals surface area contributed by atoms with Crippen LogP contribution in [0.15, 0.2) is 18.2 Å². The van der Waals surface area contributed by atoms with E-state index in [0.717, 1.165) is 24.4 Å². The number of amides is 1. The maximum Gasteiger partial charge on any atom is 0.223 e. The summed E-state index contributed by atoms with van der Waals surface area (Å²) in [6.07, 6.45) is 0. The molecule has 0 spiro atoms. The summed E-state index contributed by atoms with van der Waals surface area (Å²) < 4.78 is 6.91. The van der Waals surface area contributed by atoms with Crippen LogP contribution in [0.4, 0.5) is 0 Å². The van der Waals surface area contributed by atoms with Gasteiger partial charge in [0.25, 0.3) is 0 Å². The van der Waals surface area contributed by atoms with Gasteiger partial charge in [0.05, 0.1) is 6.54 Å². The second-order valence-electron chi connectivity index (χ2n) is 5.56. The number of halogens is 1. The molecule has 1 aliphatic carbocycles. The lowest BCUT2D eigenvalue weighted by Gasteiger charge is -2.11. The van der Waals surface area contributed by atoms with E-state index in [2.05, 4.69) is 39.3 Å². The Morgan fingerprint density at radius 3 is 2.90 bits per heavy atom. The highest BCUT2D eigenvalue weighted by molar-refractivity contribution is 14.1. The van der Waals surface area contributed by atoms with E-state index in [1.165, 1.54) is 3.57 Å². The van der Waals surface area contributed by atoms with E-state index in [-0.39, 0.29) is 11.8 Å². The Bertz CT molecular complexity index is 511. The molecular weight excluding hydrogens is 367 g/mol. The van der Waals surface area contributed by atoms with Crippen molar-refractivity contribution in [2.45, 2.75) is 6.92 Å². The minimum Gasteiger partial charge on any atom is -0.491 e. The molecule has 2 aliphatic rings. The second-order valence-corrected chi connectivity index (χ2v) is 6.81. The highest BCUT2D eigenvalue weighted by atomic mass is 127. The summed E-state index contributed by atoms with van der Waals surface area (Å²) in [7, 11) is 0. The average molecular weight is 386 g/mol. The summed E-state index contributed by atoms with van der Waals surface area (Å²) in [5.41, 5.74) is 1.13. The van der Waals surface area contributed by atoms with Crippen molar-refractivity contribution < 1.29 is 9.53 Å². The number of ether oxygens (including phenoxy) is 1. The molecule has 5 heteroatoms. The molecule has 2 N–H and O–H groups in total. The Hall–Kier alpha value is -0.820. The third kappa shape index (κ3) is 2.93. The molecule has 1 saturated carbocycles. The number of aryl methyl sites for hydroxylation is 1. The molecule has 108 valence electrons. The topological polar surface area (TPSA) is 50.4 Å². The molecule has 1 unspecified atom stereocenters. The van der Waals surface area contributed by atoms with E-state index in [1.54, 1.807) is 0 Å². The van der Waals surface area contributed by atoms with Gasteiger partial charge < -0.3 is 15.4 Å². The van der Waals surface area contributed by atoms with Crippen LogP contribution < -0.4 is 15.4 Å². The van der Waals surface area contributed by atoms with Gasteiger partial charge in [-0.2, -0.15) is 0 Å². The fourth-order valence-corrected chi connectivity index (χ4v) is 3.68. The van der Waals surface area contributed by atoms with Gasteiger partial charge in [-0.15, -0.1) is 0 Å². The van der Waals surface area contributed by atoms with Gasteiger partial charge in [0, 0.05) is 9.49 Å². The Labute approximate surface area is 132 Å². The monoisotopic (exact) mass is 386 g/mol. The van der Waals surface area contributed by atoms with E-state index in [1.807, 2.05) is 19.1 Å². The lowest BCUT2D eigenvalue weighted by Crippen LogP contribution is -2.32. The van der Waals surface area contributed by atoms with Crippen molar-refractivity contribution in [3.05, 3.63) is 27.3 Å². The van der Waals surface area contributed by atoms with Gasteiger partial charge in [-0.25, -0.2) is 0 Å². The fraction of sp³-hybridized carbons (Fsp3) is 0.533. The summed E-state index contributed by atoms with van der Waals surface area (Å²) >= 11 is 2.29. The zero-order chi connectivity index (χ0) is 14.1. The minimum absolute atomic E-state index is 0.199. The van der Waals surface area contributed by atoms with Crippen molar-refractivity contribution in [3.8, 4) is 5.75 Å². The van der Waals surface area contributed by atoms with Crippen molar-refractivity contribution in [2.75, 3.05) is 26.2 Å². The molecule has 1 heterocycles. The van der Waals surface area contributed by atoms with E-state index >= 15 is 0 Å². The zero-order valence-corrected chi connectivity index (χ0v) is 13.6. The predicted molar refractivity (Wildman–Crippen MR) is 85.7 cm³/mol. The molecule has 2 fully saturated rings. The molecule has 1 amide bonds. The van der Waals surface area contributed by atoms with Crippen LogP contribution >= 0.6 is 22.6 Å². The van der Waals surface area contributed by atoms with Crippen LogP contribution in [0.2, 0.25) is 0 Å². The number of nitrogens with one attached hydrogen (secondary N) is 2. The third-order valence-corrected chi connectivity index (χ3v) is 4.86. The standard InChI is InChI=1S/C15H19IN2O2/c1-9-6-10(16)2-3-13(9)20-5-4-18-15(19)14-11-7-17-8-12(11)14/h2-3,6,11-12,14,17H,4-5,7-8H2,1H3,(H,18,19)/t11-,12+,14?. The number of hydrogen-bond donors (Lipinski definition) is 2. The van der Waals surface area contributed by atoms with Crippen molar-refractivity contribution in [3.63, 3.8) is 0 Å². The highest BCUT2D eigenvalue weighted by Gasteiger charge is 2.56. The zero-order valence-electron chi connectivity index (χ0n) is 11.5. The third-order valence-electron chi connectivity index (χ3n) is 4.19. The number of carbonyl (C=O) groups excluding carboxylic acids is 1. The molecular formula is C15H19IN2O2. The molecule has 3 rings (SSSR count). The molecule has 20 heavy (non-hydrogen) atoms. The largest absolute Gasteiger partial charge is 0.491 e. The number of benzene rings is 1. The minimum atomic E-state index is 0.199. The first-order chi connectivity index (χ1) is 9.66. The Morgan fingerprint density at radius 1 is 1.45 bits per heavy atom. The molecule has 1 aromatic rings. The van der Waals surface area contributed by atoms with Gasteiger partial charge in [-0.1, -0.05) is 0 Å². The van der Waals surface area contributed by atoms with Gasteiger partial charge in [-0.3, -0.25) is 4.79 Å². The maximum absolute atomic E-state index is 11.9. The van der Waals surface area contributed by atoms with Crippen LogP contribution in [0, 0.1) is 28.2 Å². The first-order valence-electron chi connectivity index (χ1n) is 7.04. The average Bonchev–Trinajstić information content (AvgIpc) is 2.90. The molecule has 4 nitrogen and oxygen atoms in total. The van der Waals surface area contributed by atoms with Crippen LogP contribution in [-0.4, -0.2) is 32.1 Å². The SMILES string of the molecule is Cc1cc(I)ccc1OCCNC(=O)C1[C@H]2CNC[C@@H]12. The Morgan fingerprint density at radius 2 is 2.20 bits per heavy atom. The van der Waals surface area contributed by atoms with Crippen molar-refractivity contribution in [1.29, 1.82) is 0 Å². The van der Waals surface area contributed by atoms with Gasteiger partial charge in [0.2, 0.25) is 5.91 Å². The predicted octanol–water partition coefficient (Wildman–Crippen LogP) is 1.56. The second kappa shape index (κ2) is 5.89. The van der Waals surface area contributed by atoms with E-state index in [0.29, 0.717) is 25.0 Å². The smallest absolute Gasteiger partial charge is 0.223 e. The van der Waals surface area contributed by atoms with Gasteiger partial charge in [0.15, 0.2) is 0 Å². The van der Waals surface area contributed by atoms with Gasteiger partial charge in [-0.05, 0) is 78.2 Å². The highest BCUT2D eigenvalue weighted by Crippen LogP contribution is 2.48. The van der Waals surface area contributed by atoms with Crippen LogP contribution in [-0.2, 0) is 4.79 Å². The number of hydrogen-bond acceptors (Lipinski definition) is 3. The Kier molecular flexibility index (Phi) is 4.16. The molecule has 3 atom stereocenters. The molecule has 1 aromatic carbocycles. The van der Waals surface area contributed by atoms with Crippen LogP contribution in [0.25, 0.3) is 0 Å². The van der Waals surface area contributed by atoms with Crippen molar-refractivity contribution in [2.24, 2.45) is 17.8 Å². The summed E-state index contributed by atoms with van der Waals surface area (Å²) in [5, 5.41) is 6.28. The number of piperidine rings is 1. The van der Waals surface area contributed by atoms with E-state index < -0.39 is 0 Å². The van der Waals surface area contributed by atoms with Gasteiger partial charge in [0.1, 0.15) is 12.4 Å². The van der Waals surface area contributed by atoms with Gasteiger partial charge >= 0.3 is 0 Å². The molecule has 0 radical (unpaired) electrons. The van der Waals surface area contributed by atoms with Crippen molar-refractivity contribution >= 4 is 28.5 Å².